The molecule has 5 nitrogen and oxygen atoms in total. The van der Waals surface area contributed by atoms with Gasteiger partial charge in [-0.1, -0.05) is 36.4 Å². The fraction of sp³-hybridized carbons (Fsp3) is 0.333. The van der Waals surface area contributed by atoms with Gasteiger partial charge in [0.15, 0.2) is 0 Å². The van der Waals surface area contributed by atoms with Gasteiger partial charge in [-0.2, -0.15) is 0 Å². The second-order valence-corrected chi connectivity index (χ2v) is 6.75. The zero-order chi connectivity index (χ0) is 17.8. The number of imidazole rings is 1. The van der Waals surface area contributed by atoms with E-state index in [-0.39, 0.29) is 6.04 Å². The highest BCUT2D eigenvalue weighted by Crippen LogP contribution is 2.30. The average Bonchev–Trinajstić information content (AvgIpc) is 3.06. The zero-order valence-corrected chi connectivity index (χ0v) is 15.1. The van der Waals surface area contributed by atoms with Crippen molar-refractivity contribution < 1.29 is 4.74 Å². The summed E-state index contributed by atoms with van der Waals surface area (Å²) in [5, 5.41) is 0. The first-order chi connectivity index (χ1) is 12.8. The van der Waals surface area contributed by atoms with E-state index in [0.717, 1.165) is 25.2 Å². The zero-order valence-electron chi connectivity index (χ0n) is 15.1. The molecule has 0 fully saturated rings. The molecule has 1 aliphatic heterocycles. The van der Waals surface area contributed by atoms with Crippen molar-refractivity contribution in [1.82, 2.24) is 19.4 Å². The van der Waals surface area contributed by atoms with Gasteiger partial charge >= 0.3 is 0 Å². The van der Waals surface area contributed by atoms with Crippen molar-refractivity contribution in [2.45, 2.75) is 25.6 Å². The van der Waals surface area contributed by atoms with Gasteiger partial charge in [0.05, 0.1) is 42.7 Å². The number of nitrogens with zero attached hydrogens (tertiary/aromatic N) is 4. The second-order valence-electron chi connectivity index (χ2n) is 6.75. The summed E-state index contributed by atoms with van der Waals surface area (Å²) in [6, 6.07) is 16.6. The van der Waals surface area contributed by atoms with Gasteiger partial charge in [-0.25, -0.2) is 4.98 Å². The number of hydrogen-bond donors (Lipinski definition) is 0. The van der Waals surface area contributed by atoms with Crippen LogP contribution in [0.4, 0.5) is 0 Å². The molecule has 3 heterocycles. The van der Waals surface area contributed by atoms with E-state index >= 15 is 0 Å². The third-order valence-corrected chi connectivity index (χ3v) is 4.93. The van der Waals surface area contributed by atoms with Crippen molar-refractivity contribution in [3.05, 3.63) is 83.7 Å². The molecule has 5 heteroatoms. The Morgan fingerprint density at radius 3 is 2.73 bits per heavy atom. The van der Waals surface area contributed by atoms with Crippen molar-refractivity contribution in [2.75, 3.05) is 13.2 Å². The average molecular weight is 348 g/mol. The number of hydrogen-bond acceptors (Lipinski definition) is 4. The summed E-state index contributed by atoms with van der Waals surface area (Å²) in [4.78, 5) is 11.5. The maximum absolute atomic E-state index is 6.11. The molecule has 0 aliphatic carbocycles. The van der Waals surface area contributed by atoms with Crippen LogP contribution in [-0.4, -0.2) is 32.6 Å². The first-order valence-electron chi connectivity index (χ1n) is 9.07. The van der Waals surface area contributed by atoms with Crippen LogP contribution in [0, 0.1) is 0 Å². The molecule has 1 aromatic carbocycles. The Balaban J connectivity index is 1.50. The van der Waals surface area contributed by atoms with E-state index in [0.29, 0.717) is 13.2 Å². The van der Waals surface area contributed by atoms with Gasteiger partial charge < -0.3 is 9.30 Å². The number of ether oxygens (including phenoxy) is 1. The van der Waals surface area contributed by atoms with Gasteiger partial charge in [0, 0.05) is 32.8 Å². The minimum absolute atomic E-state index is 0.192. The molecule has 1 atom stereocenters. The van der Waals surface area contributed by atoms with Crippen molar-refractivity contribution >= 4 is 0 Å². The van der Waals surface area contributed by atoms with Gasteiger partial charge in [0.1, 0.15) is 0 Å². The highest BCUT2D eigenvalue weighted by molar-refractivity contribution is 5.22. The van der Waals surface area contributed by atoms with E-state index in [2.05, 4.69) is 44.7 Å². The van der Waals surface area contributed by atoms with Crippen LogP contribution in [0.15, 0.2) is 61.1 Å². The molecule has 134 valence electrons. The van der Waals surface area contributed by atoms with Gasteiger partial charge in [-0.05, 0) is 17.7 Å². The molecule has 0 saturated heterocycles. The van der Waals surface area contributed by atoms with Gasteiger partial charge in [0.2, 0.25) is 0 Å². The minimum atomic E-state index is 0.192. The molecule has 0 unspecified atom stereocenters. The SMILES string of the molecule is Cn1cnc2c1[C@@H](COCc1ccccc1)N(Cc1ccccn1)CC2. The smallest absolute Gasteiger partial charge is 0.0949 e. The molecule has 1 aliphatic rings. The lowest BCUT2D eigenvalue weighted by Crippen LogP contribution is -2.38. The summed E-state index contributed by atoms with van der Waals surface area (Å²) in [5.41, 5.74) is 4.74. The number of benzene rings is 1. The Bertz CT molecular complexity index is 832. The number of pyridine rings is 1. The van der Waals surface area contributed by atoms with Crippen LogP contribution in [-0.2, 0) is 31.4 Å². The van der Waals surface area contributed by atoms with E-state index in [9.17, 15) is 0 Å². The van der Waals surface area contributed by atoms with Crippen LogP contribution >= 0.6 is 0 Å². The van der Waals surface area contributed by atoms with Gasteiger partial charge in [-0.3, -0.25) is 9.88 Å². The van der Waals surface area contributed by atoms with Crippen LogP contribution in [0.3, 0.4) is 0 Å². The van der Waals surface area contributed by atoms with Crippen LogP contribution in [0.2, 0.25) is 0 Å². The minimum Gasteiger partial charge on any atom is -0.375 e. The summed E-state index contributed by atoms with van der Waals surface area (Å²) in [6.45, 7) is 3.07. The quantitative estimate of drug-likeness (QED) is 0.686. The van der Waals surface area contributed by atoms with Crippen LogP contribution in [0.1, 0.15) is 28.7 Å². The predicted octanol–water partition coefficient (Wildman–Crippen LogP) is 3.13. The molecule has 0 amide bonds. The van der Waals surface area contributed by atoms with E-state index in [1.165, 1.54) is 17.0 Å². The van der Waals surface area contributed by atoms with Crippen LogP contribution < -0.4 is 0 Å². The summed E-state index contributed by atoms with van der Waals surface area (Å²) in [5.74, 6) is 0. The first kappa shape index (κ1) is 16.9. The maximum atomic E-state index is 6.11. The highest BCUT2D eigenvalue weighted by atomic mass is 16.5. The normalized spacial score (nSPS) is 17.2. The highest BCUT2D eigenvalue weighted by Gasteiger charge is 2.31. The van der Waals surface area contributed by atoms with E-state index < -0.39 is 0 Å². The fourth-order valence-corrected chi connectivity index (χ4v) is 3.62. The topological polar surface area (TPSA) is 43.2 Å². The maximum Gasteiger partial charge on any atom is 0.0949 e. The fourth-order valence-electron chi connectivity index (χ4n) is 3.62. The molecule has 26 heavy (non-hydrogen) atoms. The standard InChI is InChI=1S/C21H24N4O/c1-24-16-23-19-10-12-25(13-18-9-5-6-11-22-18)20(21(19)24)15-26-14-17-7-3-2-4-8-17/h2-9,11,16,20H,10,12-15H2,1H3/t20-/m1/s1. The summed E-state index contributed by atoms with van der Waals surface area (Å²) < 4.78 is 8.24. The van der Waals surface area contributed by atoms with Crippen LogP contribution in [0.5, 0.6) is 0 Å². The largest absolute Gasteiger partial charge is 0.375 e. The van der Waals surface area contributed by atoms with Gasteiger partial charge in [-0.15, -0.1) is 0 Å². The number of aryl methyl sites for hydroxylation is 1. The number of aromatic nitrogens is 3. The molecule has 4 rings (SSSR count). The number of fused-ring (bicyclic) bond motifs is 1. The lowest BCUT2D eigenvalue weighted by molar-refractivity contribution is 0.0373. The molecule has 0 bridgehead atoms. The van der Waals surface area contributed by atoms with Crippen molar-refractivity contribution in [1.29, 1.82) is 0 Å². The Labute approximate surface area is 154 Å². The van der Waals surface area contributed by atoms with Crippen molar-refractivity contribution in [3.63, 3.8) is 0 Å². The van der Waals surface area contributed by atoms with Gasteiger partial charge in [0.25, 0.3) is 0 Å². The molecular formula is C21H24N4O. The lowest BCUT2D eigenvalue weighted by Gasteiger charge is -2.35. The summed E-state index contributed by atoms with van der Waals surface area (Å²) in [6.07, 6.45) is 4.74. The second kappa shape index (κ2) is 7.81. The third-order valence-electron chi connectivity index (χ3n) is 4.93. The molecule has 0 N–H and O–H groups in total. The van der Waals surface area contributed by atoms with Crippen LogP contribution in [0.25, 0.3) is 0 Å². The summed E-state index contributed by atoms with van der Waals surface area (Å²) in [7, 11) is 2.07. The number of rotatable bonds is 6. The Kier molecular flexibility index (Phi) is 5.09. The molecule has 0 spiro atoms. The molecule has 0 saturated carbocycles. The Morgan fingerprint density at radius 2 is 1.92 bits per heavy atom. The Hall–Kier alpha value is -2.50. The van der Waals surface area contributed by atoms with Crippen molar-refractivity contribution in [3.8, 4) is 0 Å². The monoisotopic (exact) mass is 348 g/mol. The third kappa shape index (κ3) is 3.69. The Morgan fingerprint density at radius 1 is 1.08 bits per heavy atom. The molecular weight excluding hydrogens is 324 g/mol. The van der Waals surface area contributed by atoms with E-state index in [1.54, 1.807) is 0 Å². The van der Waals surface area contributed by atoms with E-state index in [1.807, 2.05) is 42.9 Å². The molecule has 0 radical (unpaired) electrons. The molecule has 2 aromatic heterocycles. The lowest BCUT2D eigenvalue weighted by atomic mass is 10.0. The summed E-state index contributed by atoms with van der Waals surface area (Å²) >= 11 is 0. The predicted molar refractivity (Wildman–Crippen MR) is 100 cm³/mol. The first-order valence-corrected chi connectivity index (χ1v) is 9.07. The van der Waals surface area contributed by atoms with E-state index in [4.69, 9.17) is 4.74 Å². The molecule has 3 aromatic rings. The van der Waals surface area contributed by atoms with Crippen molar-refractivity contribution in [2.24, 2.45) is 7.05 Å².